The van der Waals surface area contributed by atoms with Crippen molar-refractivity contribution >= 4 is 11.9 Å². The Bertz CT molecular complexity index is 899. The minimum atomic E-state index is -0.304. The van der Waals surface area contributed by atoms with Crippen LogP contribution in [0.3, 0.4) is 0 Å². The van der Waals surface area contributed by atoms with Crippen LogP contribution in [0.2, 0.25) is 0 Å². The molecular weight excluding hydrogens is 350 g/mol. The van der Waals surface area contributed by atoms with Crippen molar-refractivity contribution in [3.63, 3.8) is 0 Å². The molecular formula is C20H18F2N4O. The lowest BCUT2D eigenvalue weighted by molar-refractivity contribution is 0.0953. The lowest BCUT2D eigenvalue weighted by Gasteiger charge is -2.07. The van der Waals surface area contributed by atoms with E-state index < -0.39 is 0 Å². The second-order valence-electron chi connectivity index (χ2n) is 5.87. The van der Waals surface area contributed by atoms with E-state index >= 15 is 0 Å². The van der Waals surface area contributed by atoms with Crippen LogP contribution in [-0.4, -0.2) is 22.4 Å². The summed E-state index contributed by atoms with van der Waals surface area (Å²) in [5, 5.41) is 5.68. The second-order valence-corrected chi connectivity index (χ2v) is 5.87. The van der Waals surface area contributed by atoms with Gasteiger partial charge in [0.2, 0.25) is 5.95 Å². The highest BCUT2D eigenvalue weighted by Crippen LogP contribution is 2.09. The average Bonchev–Trinajstić information content (AvgIpc) is 2.69. The highest BCUT2D eigenvalue weighted by atomic mass is 19.1. The first-order chi connectivity index (χ1) is 13.1. The third kappa shape index (κ3) is 5.31. The van der Waals surface area contributed by atoms with Gasteiger partial charge in [0.1, 0.15) is 11.6 Å². The maximum atomic E-state index is 13.6. The molecule has 1 heterocycles. The van der Waals surface area contributed by atoms with Crippen molar-refractivity contribution in [3.05, 3.63) is 89.2 Å². The summed E-state index contributed by atoms with van der Waals surface area (Å²) in [6, 6.07) is 12.6. The van der Waals surface area contributed by atoms with Crippen LogP contribution >= 0.6 is 0 Å². The van der Waals surface area contributed by atoms with E-state index in [9.17, 15) is 13.6 Å². The Balaban J connectivity index is 1.48. The molecule has 0 spiro atoms. The quantitative estimate of drug-likeness (QED) is 0.671. The largest absolute Gasteiger partial charge is 0.352 e. The molecule has 1 aromatic heterocycles. The van der Waals surface area contributed by atoms with Gasteiger partial charge in [0.25, 0.3) is 5.91 Å². The van der Waals surface area contributed by atoms with Crippen LogP contribution in [0.1, 0.15) is 21.5 Å². The molecule has 1 amide bonds. The second kappa shape index (κ2) is 8.84. The van der Waals surface area contributed by atoms with Gasteiger partial charge >= 0.3 is 0 Å². The number of nitrogens with zero attached hydrogens (tertiary/aromatic N) is 2. The third-order valence-electron chi connectivity index (χ3n) is 3.92. The number of nitrogens with one attached hydrogen (secondary N) is 2. The summed E-state index contributed by atoms with van der Waals surface area (Å²) in [5.41, 5.74) is 1.76. The van der Waals surface area contributed by atoms with E-state index in [2.05, 4.69) is 20.6 Å². The van der Waals surface area contributed by atoms with E-state index in [1.165, 1.54) is 30.6 Å². The van der Waals surface area contributed by atoms with Gasteiger partial charge in [-0.15, -0.1) is 0 Å². The van der Waals surface area contributed by atoms with E-state index in [-0.39, 0.29) is 24.1 Å². The van der Waals surface area contributed by atoms with Gasteiger partial charge in [-0.2, -0.15) is 0 Å². The molecule has 0 bridgehead atoms. The van der Waals surface area contributed by atoms with Crippen LogP contribution in [0, 0.1) is 11.6 Å². The normalized spacial score (nSPS) is 10.4. The minimum absolute atomic E-state index is 0.246. The molecule has 0 radical (unpaired) electrons. The van der Waals surface area contributed by atoms with Gasteiger partial charge in [-0.25, -0.2) is 18.7 Å². The average molecular weight is 368 g/mol. The zero-order chi connectivity index (χ0) is 19.1. The molecule has 0 aliphatic rings. The van der Waals surface area contributed by atoms with Crippen molar-refractivity contribution in [2.24, 2.45) is 0 Å². The molecule has 27 heavy (non-hydrogen) atoms. The molecule has 0 saturated heterocycles. The van der Waals surface area contributed by atoms with E-state index in [1.54, 1.807) is 30.3 Å². The summed E-state index contributed by atoms with van der Waals surface area (Å²) in [6.45, 7) is 0.660. The summed E-state index contributed by atoms with van der Waals surface area (Å²) >= 11 is 0. The first-order valence-electron chi connectivity index (χ1n) is 8.44. The number of halogens is 2. The summed E-state index contributed by atoms with van der Waals surface area (Å²) in [5.74, 6) is -0.579. The molecule has 138 valence electrons. The fourth-order valence-corrected chi connectivity index (χ4v) is 2.43. The first kappa shape index (κ1) is 18.4. The van der Waals surface area contributed by atoms with Crippen LogP contribution in [0.4, 0.5) is 14.7 Å². The van der Waals surface area contributed by atoms with Crippen molar-refractivity contribution in [3.8, 4) is 0 Å². The van der Waals surface area contributed by atoms with E-state index in [0.29, 0.717) is 30.0 Å². The molecule has 0 aliphatic carbocycles. The molecule has 3 rings (SSSR count). The maximum absolute atomic E-state index is 13.6. The smallest absolute Gasteiger partial charge is 0.254 e. The SMILES string of the molecule is O=C(NCCc1ccc(F)cc1)c1cnc(NCc2ccccc2F)nc1. The molecule has 3 aromatic rings. The van der Waals surface area contributed by atoms with Crippen molar-refractivity contribution < 1.29 is 13.6 Å². The van der Waals surface area contributed by atoms with Gasteiger partial charge in [-0.3, -0.25) is 4.79 Å². The summed E-state index contributed by atoms with van der Waals surface area (Å²) in [6.07, 6.45) is 3.41. The predicted octanol–water partition coefficient (Wildman–Crippen LogP) is 3.34. The number of hydrogen-bond donors (Lipinski definition) is 2. The predicted molar refractivity (Wildman–Crippen MR) is 98.2 cm³/mol. The Morgan fingerprint density at radius 3 is 2.37 bits per heavy atom. The van der Waals surface area contributed by atoms with Gasteiger partial charge in [-0.1, -0.05) is 30.3 Å². The van der Waals surface area contributed by atoms with Crippen molar-refractivity contribution in [2.45, 2.75) is 13.0 Å². The van der Waals surface area contributed by atoms with Gasteiger partial charge < -0.3 is 10.6 Å². The number of carbonyl (C=O) groups is 1. The molecule has 0 unspecified atom stereocenters. The lowest BCUT2D eigenvalue weighted by atomic mass is 10.1. The molecule has 0 fully saturated rings. The van der Waals surface area contributed by atoms with E-state index in [4.69, 9.17) is 0 Å². The zero-order valence-electron chi connectivity index (χ0n) is 14.5. The number of rotatable bonds is 7. The molecule has 2 N–H and O–H groups in total. The number of amides is 1. The fraction of sp³-hybridized carbons (Fsp3) is 0.150. The van der Waals surface area contributed by atoms with E-state index in [0.717, 1.165) is 5.56 Å². The van der Waals surface area contributed by atoms with Gasteiger partial charge in [-0.05, 0) is 30.2 Å². The van der Waals surface area contributed by atoms with Crippen LogP contribution in [0.15, 0.2) is 60.9 Å². The molecule has 0 aliphatic heterocycles. The standard InChI is InChI=1S/C20H18F2N4O/c21-17-7-5-14(6-8-17)9-10-23-19(27)16-12-25-20(26-13-16)24-11-15-3-1-2-4-18(15)22/h1-8,12-13H,9-11H2,(H,23,27)(H,24,25,26). The number of benzene rings is 2. The summed E-state index contributed by atoms with van der Waals surface area (Å²) in [4.78, 5) is 20.2. The zero-order valence-corrected chi connectivity index (χ0v) is 14.5. The monoisotopic (exact) mass is 368 g/mol. The molecule has 0 atom stereocenters. The number of anilines is 1. The summed E-state index contributed by atoms with van der Waals surface area (Å²) in [7, 11) is 0. The van der Waals surface area contributed by atoms with Crippen LogP contribution < -0.4 is 10.6 Å². The third-order valence-corrected chi connectivity index (χ3v) is 3.92. The highest BCUT2D eigenvalue weighted by molar-refractivity contribution is 5.93. The number of aromatic nitrogens is 2. The van der Waals surface area contributed by atoms with Crippen molar-refractivity contribution in [2.75, 3.05) is 11.9 Å². The Hall–Kier alpha value is -3.35. The Labute approximate surface area is 155 Å². The van der Waals surface area contributed by atoms with Crippen LogP contribution in [0.25, 0.3) is 0 Å². The molecule has 0 saturated carbocycles. The van der Waals surface area contributed by atoms with E-state index in [1.807, 2.05) is 0 Å². The maximum Gasteiger partial charge on any atom is 0.254 e. The Morgan fingerprint density at radius 2 is 1.67 bits per heavy atom. The van der Waals surface area contributed by atoms with Crippen LogP contribution in [-0.2, 0) is 13.0 Å². The highest BCUT2D eigenvalue weighted by Gasteiger charge is 2.07. The van der Waals surface area contributed by atoms with Crippen molar-refractivity contribution in [1.29, 1.82) is 0 Å². The fourth-order valence-electron chi connectivity index (χ4n) is 2.43. The van der Waals surface area contributed by atoms with Gasteiger partial charge in [0, 0.05) is 31.0 Å². The molecule has 2 aromatic carbocycles. The number of hydrogen-bond acceptors (Lipinski definition) is 4. The topological polar surface area (TPSA) is 66.9 Å². The number of carbonyl (C=O) groups excluding carboxylic acids is 1. The Kier molecular flexibility index (Phi) is 6.04. The van der Waals surface area contributed by atoms with Crippen LogP contribution in [0.5, 0.6) is 0 Å². The summed E-state index contributed by atoms with van der Waals surface area (Å²) < 4.78 is 26.4. The lowest BCUT2D eigenvalue weighted by Crippen LogP contribution is -2.26. The van der Waals surface area contributed by atoms with Crippen molar-refractivity contribution in [1.82, 2.24) is 15.3 Å². The molecule has 7 heteroatoms. The van der Waals surface area contributed by atoms with Gasteiger partial charge in [0.15, 0.2) is 0 Å². The first-order valence-corrected chi connectivity index (χ1v) is 8.44. The Morgan fingerprint density at radius 1 is 0.963 bits per heavy atom. The minimum Gasteiger partial charge on any atom is -0.352 e. The van der Waals surface area contributed by atoms with Gasteiger partial charge in [0.05, 0.1) is 5.56 Å². The molecule has 5 nitrogen and oxygen atoms in total.